The SMILES string of the molecule is CNS(=O)(=O)CCNC(=O)NCc1cc(C(=O)O)c(C)o1. The lowest BCUT2D eigenvalue weighted by Gasteiger charge is -2.06. The van der Waals surface area contributed by atoms with E-state index in [1.165, 1.54) is 20.0 Å². The van der Waals surface area contributed by atoms with E-state index in [1.807, 2.05) is 0 Å². The van der Waals surface area contributed by atoms with Crippen molar-refractivity contribution in [2.45, 2.75) is 13.5 Å². The number of urea groups is 1. The summed E-state index contributed by atoms with van der Waals surface area (Å²) in [5.41, 5.74) is 0.0346. The van der Waals surface area contributed by atoms with Crippen LogP contribution in [0.1, 0.15) is 21.9 Å². The van der Waals surface area contributed by atoms with Crippen LogP contribution >= 0.6 is 0 Å². The highest BCUT2D eigenvalue weighted by atomic mass is 32.2. The Hall–Kier alpha value is -2.07. The van der Waals surface area contributed by atoms with Crippen molar-refractivity contribution in [3.63, 3.8) is 0 Å². The standard InChI is InChI=1S/C11H17N3O6S/c1-7-9(10(15)16)5-8(20-7)6-14-11(17)13-3-4-21(18,19)12-2/h5,12H,3-4,6H2,1-2H3,(H,15,16)(H2,13,14,17). The second kappa shape index (κ2) is 7.09. The number of carbonyl (C=O) groups excluding carboxylic acids is 1. The van der Waals surface area contributed by atoms with Gasteiger partial charge in [0.05, 0.1) is 12.3 Å². The summed E-state index contributed by atoms with van der Waals surface area (Å²) >= 11 is 0. The zero-order chi connectivity index (χ0) is 16.0. The molecule has 118 valence electrons. The van der Waals surface area contributed by atoms with E-state index < -0.39 is 22.0 Å². The molecule has 0 aliphatic rings. The molecule has 0 aliphatic heterocycles. The van der Waals surface area contributed by atoms with E-state index in [0.29, 0.717) is 5.76 Å². The fourth-order valence-corrected chi connectivity index (χ4v) is 2.05. The Bertz CT molecular complexity index is 622. The third kappa shape index (κ3) is 5.44. The van der Waals surface area contributed by atoms with E-state index in [0.717, 1.165) is 0 Å². The highest BCUT2D eigenvalue weighted by molar-refractivity contribution is 7.89. The molecule has 0 atom stereocenters. The number of amides is 2. The number of sulfonamides is 1. The molecule has 0 bridgehead atoms. The first-order valence-corrected chi connectivity index (χ1v) is 7.66. The second-order valence-corrected chi connectivity index (χ2v) is 6.17. The van der Waals surface area contributed by atoms with Gasteiger partial charge in [0, 0.05) is 6.54 Å². The summed E-state index contributed by atoms with van der Waals surface area (Å²) in [5.74, 6) is -0.799. The Kier molecular flexibility index (Phi) is 5.73. The molecule has 2 amide bonds. The van der Waals surface area contributed by atoms with E-state index in [2.05, 4.69) is 15.4 Å². The number of carbonyl (C=O) groups is 2. The van der Waals surface area contributed by atoms with E-state index in [-0.39, 0.29) is 30.2 Å². The van der Waals surface area contributed by atoms with Crippen LogP contribution in [0.4, 0.5) is 4.79 Å². The summed E-state index contributed by atoms with van der Waals surface area (Å²) in [5, 5.41) is 13.6. The molecule has 0 unspecified atom stereocenters. The summed E-state index contributed by atoms with van der Waals surface area (Å²) in [7, 11) is -2.08. The van der Waals surface area contributed by atoms with Gasteiger partial charge in [0.1, 0.15) is 17.1 Å². The Morgan fingerprint density at radius 1 is 1.33 bits per heavy atom. The molecule has 0 saturated heterocycles. The number of aryl methyl sites for hydroxylation is 1. The highest BCUT2D eigenvalue weighted by Crippen LogP contribution is 2.14. The maximum Gasteiger partial charge on any atom is 0.339 e. The predicted molar refractivity (Wildman–Crippen MR) is 73.5 cm³/mol. The fraction of sp³-hybridized carbons (Fsp3) is 0.455. The van der Waals surface area contributed by atoms with Gasteiger partial charge in [0.25, 0.3) is 0 Å². The van der Waals surface area contributed by atoms with Crippen LogP contribution in [0.15, 0.2) is 10.5 Å². The molecule has 1 rings (SSSR count). The number of aromatic carboxylic acids is 1. The quantitative estimate of drug-likeness (QED) is 0.541. The molecule has 4 N–H and O–H groups in total. The molecular formula is C11H17N3O6S. The molecule has 0 fully saturated rings. The van der Waals surface area contributed by atoms with Crippen molar-refractivity contribution in [3.05, 3.63) is 23.2 Å². The van der Waals surface area contributed by atoms with Crippen LogP contribution in [-0.2, 0) is 16.6 Å². The van der Waals surface area contributed by atoms with Crippen molar-refractivity contribution in [2.24, 2.45) is 0 Å². The van der Waals surface area contributed by atoms with Crippen LogP contribution in [0, 0.1) is 6.92 Å². The first-order chi connectivity index (χ1) is 9.75. The normalized spacial score (nSPS) is 11.1. The summed E-state index contributed by atoms with van der Waals surface area (Å²) in [6.07, 6.45) is 0. The lowest BCUT2D eigenvalue weighted by molar-refractivity contribution is 0.0695. The van der Waals surface area contributed by atoms with Crippen molar-refractivity contribution in [2.75, 3.05) is 19.3 Å². The molecule has 0 saturated carbocycles. The number of carboxylic acids is 1. The van der Waals surface area contributed by atoms with Crippen molar-refractivity contribution < 1.29 is 27.5 Å². The Morgan fingerprint density at radius 3 is 2.52 bits per heavy atom. The number of furan rings is 1. The van der Waals surface area contributed by atoms with Crippen LogP contribution in [-0.4, -0.2) is 44.9 Å². The van der Waals surface area contributed by atoms with Gasteiger partial charge in [0.15, 0.2) is 0 Å². The number of hydrogen-bond donors (Lipinski definition) is 4. The van der Waals surface area contributed by atoms with E-state index in [9.17, 15) is 18.0 Å². The van der Waals surface area contributed by atoms with Gasteiger partial charge >= 0.3 is 12.0 Å². The Balaban J connectivity index is 2.40. The molecule has 1 heterocycles. The zero-order valence-corrected chi connectivity index (χ0v) is 12.4. The molecular weight excluding hydrogens is 302 g/mol. The number of hydrogen-bond acceptors (Lipinski definition) is 5. The number of nitrogens with one attached hydrogen (secondary N) is 3. The minimum absolute atomic E-state index is 0.00126. The van der Waals surface area contributed by atoms with Crippen molar-refractivity contribution in [1.82, 2.24) is 15.4 Å². The summed E-state index contributed by atoms with van der Waals surface area (Å²) < 4.78 is 29.5. The monoisotopic (exact) mass is 319 g/mol. The molecule has 0 aliphatic carbocycles. The lowest BCUT2D eigenvalue weighted by atomic mass is 10.2. The fourth-order valence-electron chi connectivity index (χ4n) is 1.47. The molecule has 0 radical (unpaired) electrons. The van der Waals surface area contributed by atoms with Crippen molar-refractivity contribution in [3.8, 4) is 0 Å². The molecule has 0 aromatic carbocycles. The topological polar surface area (TPSA) is 138 Å². The maximum absolute atomic E-state index is 11.4. The van der Waals surface area contributed by atoms with E-state index >= 15 is 0 Å². The molecule has 0 spiro atoms. The van der Waals surface area contributed by atoms with Crippen LogP contribution in [0.5, 0.6) is 0 Å². The van der Waals surface area contributed by atoms with Gasteiger partial charge in [-0.25, -0.2) is 22.7 Å². The van der Waals surface area contributed by atoms with Gasteiger partial charge in [-0.2, -0.15) is 0 Å². The van der Waals surface area contributed by atoms with Gasteiger partial charge in [0.2, 0.25) is 10.0 Å². The first-order valence-electron chi connectivity index (χ1n) is 6.00. The number of rotatable bonds is 7. The third-order valence-electron chi connectivity index (χ3n) is 2.59. The molecule has 10 heteroatoms. The van der Waals surface area contributed by atoms with Gasteiger partial charge in [-0.05, 0) is 20.0 Å². The second-order valence-electron chi connectivity index (χ2n) is 4.12. The van der Waals surface area contributed by atoms with Crippen molar-refractivity contribution >= 4 is 22.0 Å². The smallest absolute Gasteiger partial charge is 0.339 e. The van der Waals surface area contributed by atoms with E-state index in [4.69, 9.17) is 9.52 Å². The summed E-state index contributed by atoms with van der Waals surface area (Å²) in [4.78, 5) is 22.2. The Labute approximate surface area is 121 Å². The minimum Gasteiger partial charge on any atom is -0.478 e. The average Bonchev–Trinajstić information content (AvgIpc) is 2.77. The van der Waals surface area contributed by atoms with Crippen molar-refractivity contribution in [1.29, 1.82) is 0 Å². The highest BCUT2D eigenvalue weighted by Gasteiger charge is 2.14. The predicted octanol–water partition coefficient (Wildman–Crippen LogP) is -0.365. The van der Waals surface area contributed by atoms with Gasteiger partial charge in [-0.15, -0.1) is 0 Å². The van der Waals surface area contributed by atoms with Gasteiger partial charge in [-0.3, -0.25) is 0 Å². The van der Waals surface area contributed by atoms with Gasteiger partial charge < -0.3 is 20.2 Å². The van der Waals surface area contributed by atoms with Crippen LogP contribution < -0.4 is 15.4 Å². The van der Waals surface area contributed by atoms with Crippen LogP contribution in [0.2, 0.25) is 0 Å². The van der Waals surface area contributed by atoms with E-state index in [1.54, 1.807) is 0 Å². The molecule has 21 heavy (non-hydrogen) atoms. The molecule has 9 nitrogen and oxygen atoms in total. The average molecular weight is 319 g/mol. The summed E-state index contributed by atoms with van der Waals surface area (Å²) in [6.45, 7) is 1.46. The van der Waals surface area contributed by atoms with Crippen LogP contribution in [0.3, 0.4) is 0 Å². The van der Waals surface area contributed by atoms with Crippen LogP contribution in [0.25, 0.3) is 0 Å². The largest absolute Gasteiger partial charge is 0.478 e. The van der Waals surface area contributed by atoms with Gasteiger partial charge in [-0.1, -0.05) is 0 Å². The minimum atomic E-state index is -3.37. The molecule has 1 aromatic heterocycles. The third-order valence-corrected chi connectivity index (χ3v) is 3.95. The number of carboxylic acid groups (broad SMARTS) is 1. The Morgan fingerprint density at radius 2 is 2.00 bits per heavy atom. The summed E-state index contributed by atoms with van der Waals surface area (Å²) in [6, 6.07) is 0.746. The molecule has 1 aromatic rings. The first kappa shape index (κ1) is 17.0. The maximum atomic E-state index is 11.4. The lowest BCUT2D eigenvalue weighted by Crippen LogP contribution is -2.39. The zero-order valence-electron chi connectivity index (χ0n) is 11.6.